The van der Waals surface area contributed by atoms with Gasteiger partial charge < -0.3 is 11.1 Å². The Hall–Kier alpha value is -0.720. The lowest BCUT2D eigenvalue weighted by Gasteiger charge is -2.09. The Labute approximate surface area is 112 Å². The summed E-state index contributed by atoms with van der Waals surface area (Å²) in [6.45, 7) is 2.08. The number of benzene rings is 1. The van der Waals surface area contributed by atoms with Gasteiger partial charge in [-0.15, -0.1) is 0 Å². The lowest BCUT2D eigenvalue weighted by atomic mass is 10.3. The first-order valence-corrected chi connectivity index (χ1v) is 7.33. The summed E-state index contributed by atoms with van der Waals surface area (Å²) in [6.07, 6.45) is 0. The third-order valence-corrected chi connectivity index (χ3v) is 4.29. The van der Waals surface area contributed by atoms with E-state index in [0.29, 0.717) is 12.2 Å². The zero-order valence-electron chi connectivity index (χ0n) is 9.48. The molecule has 0 aliphatic rings. The molecular formula is C11H15BrN2O2S. The molecule has 0 saturated heterocycles. The zero-order chi connectivity index (χ0) is 12.8. The number of nitrogens with one attached hydrogen (secondary N) is 1. The Morgan fingerprint density at radius 3 is 2.88 bits per heavy atom. The fraction of sp³-hybridized carbons (Fsp3) is 0.364. The van der Waals surface area contributed by atoms with Gasteiger partial charge >= 0.3 is 0 Å². The van der Waals surface area contributed by atoms with E-state index in [-0.39, 0.29) is 16.9 Å². The van der Waals surface area contributed by atoms with Gasteiger partial charge in [-0.3, -0.25) is 9.00 Å². The smallest absolute Gasteiger partial charge is 0.237 e. The van der Waals surface area contributed by atoms with E-state index in [4.69, 9.17) is 5.73 Å². The number of anilines is 1. The van der Waals surface area contributed by atoms with Crippen molar-refractivity contribution in [2.24, 2.45) is 5.73 Å². The number of hydrogen-bond acceptors (Lipinski definition) is 3. The highest BCUT2D eigenvalue weighted by atomic mass is 79.9. The molecule has 94 valence electrons. The molecule has 4 nitrogen and oxygen atoms in total. The molecule has 0 radical (unpaired) electrons. The van der Waals surface area contributed by atoms with Crippen LogP contribution in [0.4, 0.5) is 5.69 Å². The van der Waals surface area contributed by atoms with E-state index in [1.807, 2.05) is 12.1 Å². The first-order valence-electron chi connectivity index (χ1n) is 5.15. The zero-order valence-corrected chi connectivity index (χ0v) is 11.9. The fourth-order valence-electron chi connectivity index (χ4n) is 1.14. The summed E-state index contributed by atoms with van der Waals surface area (Å²) in [5, 5.41) is 2.53. The molecule has 0 aliphatic carbocycles. The molecule has 0 fully saturated rings. The first kappa shape index (κ1) is 14.3. The van der Waals surface area contributed by atoms with Gasteiger partial charge in [0.25, 0.3) is 0 Å². The number of hydrogen-bond donors (Lipinski definition) is 2. The quantitative estimate of drug-likeness (QED) is 0.863. The molecule has 1 aromatic rings. The van der Waals surface area contributed by atoms with Crippen molar-refractivity contribution >= 4 is 38.3 Å². The minimum absolute atomic E-state index is 0.0229. The number of carbonyl (C=O) groups is 1. The monoisotopic (exact) mass is 318 g/mol. The van der Waals surface area contributed by atoms with Crippen LogP contribution in [0.3, 0.4) is 0 Å². The molecule has 0 spiro atoms. The average Bonchev–Trinajstić information content (AvgIpc) is 2.27. The van der Waals surface area contributed by atoms with Gasteiger partial charge in [-0.05, 0) is 25.1 Å². The normalized spacial score (nSPS) is 14.1. The second-order valence-corrected chi connectivity index (χ2v) is 6.40. The topological polar surface area (TPSA) is 72.2 Å². The Balaban J connectivity index is 2.53. The second kappa shape index (κ2) is 6.88. The lowest BCUT2D eigenvalue weighted by molar-refractivity contribution is -0.113. The van der Waals surface area contributed by atoms with E-state index in [1.165, 1.54) is 0 Å². The molecule has 2 atom stereocenters. The van der Waals surface area contributed by atoms with Crippen molar-refractivity contribution in [3.8, 4) is 0 Å². The standard InChI is InChI=1S/C11H15BrN2O2S/c1-8(6-13)17(16)7-11(15)14-10-4-2-3-9(12)5-10/h2-5,8H,6-7,13H2,1H3,(H,14,15). The minimum Gasteiger partial charge on any atom is -0.329 e. The van der Waals surface area contributed by atoms with Gasteiger partial charge in [-0.1, -0.05) is 22.0 Å². The van der Waals surface area contributed by atoms with Crippen LogP contribution in [0, 0.1) is 0 Å². The Morgan fingerprint density at radius 2 is 2.29 bits per heavy atom. The van der Waals surface area contributed by atoms with E-state index in [0.717, 1.165) is 4.47 Å². The number of halogens is 1. The number of amides is 1. The summed E-state index contributed by atoms with van der Waals surface area (Å²) in [6, 6.07) is 7.24. The van der Waals surface area contributed by atoms with Crippen LogP contribution in [0.25, 0.3) is 0 Å². The van der Waals surface area contributed by atoms with Crippen LogP contribution in [-0.4, -0.2) is 27.7 Å². The maximum Gasteiger partial charge on any atom is 0.237 e. The molecule has 1 aromatic carbocycles. The van der Waals surface area contributed by atoms with E-state index in [9.17, 15) is 9.00 Å². The predicted octanol–water partition coefficient (Wildman–Crippen LogP) is 1.48. The third kappa shape index (κ3) is 4.97. The Morgan fingerprint density at radius 1 is 1.59 bits per heavy atom. The molecule has 1 amide bonds. The first-order chi connectivity index (χ1) is 8.02. The van der Waals surface area contributed by atoms with Crippen LogP contribution < -0.4 is 11.1 Å². The van der Waals surface area contributed by atoms with E-state index < -0.39 is 10.8 Å². The third-order valence-electron chi connectivity index (χ3n) is 2.16. The van der Waals surface area contributed by atoms with Crippen molar-refractivity contribution in [2.75, 3.05) is 17.6 Å². The fourth-order valence-corrected chi connectivity index (χ4v) is 2.37. The van der Waals surface area contributed by atoms with E-state index in [1.54, 1.807) is 19.1 Å². The molecule has 17 heavy (non-hydrogen) atoms. The minimum atomic E-state index is -1.22. The SMILES string of the molecule is CC(CN)S(=O)CC(=O)Nc1cccc(Br)c1. The van der Waals surface area contributed by atoms with Crippen molar-refractivity contribution in [3.05, 3.63) is 28.7 Å². The Kier molecular flexibility index (Phi) is 5.80. The van der Waals surface area contributed by atoms with Gasteiger partial charge in [0, 0.05) is 32.8 Å². The van der Waals surface area contributed by atoms with Crippen LogP contribution in [0.15, 0.2) is 28.7 Å². The van der Waals surface area contributed by atoms with Gasteiger partial charge in [0.15, 0.2) is 0 Å². The average molecular weight is 319 g/mol. The van der Waals surface area contributed by atoms with Gasteiger partial charge in [0.2, 0.25) is 5.91 Å². The van der Waals surface area contributed by atoms with Gasteiger partial charge in [-0.2, -0.15) is 0 Å². The van der Waals surface area contributed by atoms with Crippen molar-refractivity contribution in [1.29, 1.82) is 0 Å². The van der Waals surface area contributed by atoms with E-state index in [2.05, 4.69) is 21.2 Å². The highest BCUT2D eigenvalue weighted by Crippen LogP contribution is 2.15. The highest BCUT2D eigenvalue weighted by Gasteiger charge is 2.13. The van der Waals surface area contributed by atoms with Crippen molar-refractivity contribution < 1.29 is 9.00 Å². The highest BCUT2D eigenvalue weighted by molar-refractivity contribution is 9.10. The molecule has 0 aromatic heterocycles. The summed E-state index contributed by atoms with van der Waals surface area (Å²) in [7, 11) is -1.22. The molecule has 1 rings (SSSR count). The second-order valence-electron chi connectivity index (χ2n) is 3.63. The number of rotatable bonds is 5. The van der Waals surface area contributed by atoms with Gasteiger partial charge in [0.1, 0.15) is 5.75 Å². The van der Waals surface area contributed by atoms with Crippen LogP contribution in [0.5, 0.6) is 0 Å². The molecule has 3 N–H and O–H groups in total. The van der Waals surface area contributed by atoms with Crippen LogP contribution >= 0.6 is 15.9 Å². The summed E-state index contributed by atoms with van der Waals surface area (Å²) in [5.74, 6) is -0.285. The molecular weight excluding hydrogens is 304 g/mol. The molecule has 0 saturated carbocycles. The lowest BCUT2D eigenvalue weighted by Crippen LogP contribution is -2.29. The van der Waals surface area contributed by atoms with E-state index >= 15 is 0 Å². The summed E-state index contributed by atoms with van der Waals surface area (Å²) in [5.41, 5.74) is 6.07. The number of nitrogens with two attached hydrogens (primary N) is 1. The van der Waals surface area contributed by atoms with Gasteiger partial charge in [-0.25, -0.2) is 0 Å². The largest absolute Gasteiger partial charge is 0.329 e. The van der Waals surface area contributed by atoms with Crippen LogP contribution in [0.2, 0.25) is 0 Å². The summed E-state index contributed by atoms with van der Waals surface area (Å²) >= 11 is 3.31. The predicted molar refractivity (Wildman–Crippen MR) is 74.3 cm³/mol. The maximum absolute atomic E-state index is 11.6. The maximum atomic E-state index is 11.6. The Bertz CT molecular complexity index is 426. The summed E-state index contributed by atoms with van der Waals surface area (Å²) < 4.78 is 12.5. The number of carbonyl (C=O) groups excluding carboxylic acids is 1. The van der Waals surface area contributed by atoms with Crippen LogP contribution in [-0.2, 0) is 15.6 Å². The molecule has 0 aliphatic heterocycles. The summed E-state index contributed by atoms with van der Waals surface area (Å²) in [4.78, 5) is 11.6. The van der Waals surface area contributed by atoms with Gasteiger partial charge in [0.05, 0.1) is 0 Å². The van der Waals surface area contributed by atoms with Crippen molar-refractivity contribution in [2.45, 2.75) is 12.2 Å². The van der Waals surface area contributed by atoms with Crippen molar-refractivity contribution in [3.63, 3.8) is 0 Å². The van der Waals surface area contributed by atoms with Crippen molar-refractivity contribution in [1.82, 2.24) is 0 Å². The molecule has 0 bridgehead atoms. The molecule has 0 heterocycles. The van der Waals surface area contributed by atoms with Crippen LogP contribution in [0.1, 0.15) is 6.92 Å². The molecule has 6 heteroatoms. The molecule has 2 unspecified atom stereocenters.